The highest BCUT2D eigenvalue weighted by Crippen LogP contribution is 2.24. The van der Waals surface area contributed by atoms with Crippen molar-refractivity contribution in [1.82, 2.24) is 30.0 Å². The Hall–Kier alpha value is -3.00. The van der Waals surface area contributed by atoms with Crippen molar-refractivity contribution in [3.63, 3.8) is 0 Å². The SMILES string of the molecule is CC(C)(C)C(=O)NCCn1ncc2c(N3CCN(Cc4ccccc4)CC3)ncnc21. The normalized spacial score (nSPS) is 15.4. The molecule has 4 rings (SSSR count). The molecular weight excluding hydrogens is 390 g/mol. The smallest absolute Gasteiger partial charge is 0.225 e. The Morgan fingerprint density at radius 2 is 1.81 bits per heavy atom. The van der Waals surface area contributed by atoms with Gasteiger partial charge in [-0.25, -0.2) is 14.6 Å². The van der Waals surface area contributed by atoms with Gasteiger partial charge in [-0.15, -0.1) is 0 Å². The van der Waals surface area contributed by atoms with E-state index in [0.29, 0.717) is 13.1 Å². The highest BCUT2D eigenvalue weighted by atomic mass is 16.2. The average molecular weight is 422 g/mol. The summed E-state index contributed by atoms with van der Waals surface area (Å²) in [4.78, 5) is 25.9. The molecule has 0 unspecified atom stereocenters. The Labute approximate surface area is 183 Å². The van der Waals surface area contributed by atoms with Gasteiger partial charge in [0, 0.05) is 44.7 Å². The first-order valence-corrected chi connectivity index (χ1v) is 10.9. The lowest BCUT2D eigenvalue weighted by molar-refractivity contribution is -0.128. The van der Waals surface area contributed by atoms with Crippen molar-refractivity contribution < 1.29 is 4.79 Å². The van der Waals surface area contributed by atoms with Crippen LogP contribution in [0.3, 0.4) is 0 Å². The highest BCUT2D eigenvalue weighted by Gasteiger charge is 2.22. The Morgan fingerprint density at radius 1 is 1.06 bits per heavy atom. The summed E-state index contributed by atoms with van der Waals surface area (Å²) in [5.41, 5.74) is 1.76. The molecular formula is C23H31N7O. The third kappa shape index (κ3) is 5.02. The second kappa shape index (κ2) is 9.01. The van der Waals surface area contributed by atoms with Gasteiger partial charge in [0.2, 0.25) is 5.91 Å². The van der Waals surface area contributed by atoms with Gasteiger partial charge in [0.1, 0.15) is 12.1 Å². The first-order chi connectivity index (χ1) is 14.9. The van der Waals surface area contributed by atoms with E-state index in [1.807, 2.05) is 31.6 Å². The van der Waals surface area contributed by atoms with Gasteiger partial charge in [-0.2, -0.15) is 5.10 Å². The van der Waals surface area contributed by atoms with Crippen LogP contribution in [0.15, 0.2) is 42.9 Å². The number of hydrogen-bond donors (Lipinski definition) is 1. The third-order valence-electron chi connectivity index (χ3n) is 5.62. The van der Waals surface area contributed by atoms with Crippen LogP contribution in [0.25, 0.3) is 11.0 Å². The van der Waals surface area contributed by atoms with Crippen LogP contribution in [0, 0.1) is 5.41 Å². The highest BCUT2D eigenvalue weighted by molar-refractivity contribution is 5.86. The van der Waals surface area contributed by atoms with Gasteiger partial charge in [0.25, 0.3) is 0 Å². The van der Waals surface area contributed by atoms with E-state index in [1.54, 1.807) is 6.33 Å². The first-order valence-electron chi connectivity index (χ1n) is 10.9. The molecule has 0 saturated carbocycles. The second-order valence-corrected chi connectivity index (χ2v) is 9.06. The number of amides is 1. The number of carbonyl (C=O) groups excluding carboxylic acids is 1. The molecule has 8 nitrogen and oxygen atoms in total. The zero-order valence-electron chi connectivity index (χ0n) is 18.6. The monoisotopic (exact) mass is 421 g/mol. The molecule has 31 heavy (non-hydrogen) atoms. The minimum atomic E-state index is -0.399. The van der Waals surface area contributed by atoms with Gasteiger partial charge in [-0.3, -0.25) is 9.69 Å². The number of nitrogens with one attached hydrogen (secondary N) is 1. The molecule has 0 spiro atoms. The maximum absolute atomic E-state index is 12.1. The minimum absolute atomic E-state index is 0.0349. The summed E-state index contributed by atoms with van der Waals surface area (Å²) in [5, 5.41) is 8.44. The molecule has 1 aliphatic heterocycles. The zero-order chi connectivity index (χ0) is 21.8. The predicted octanol–water partition coefficient (Wildman–Crippen LogP) is 2.31. The maximum Gasteiger partial charge on any atom is 0.225 e. The lowest BCUT2D eigenvalue weighted by atomic mass is 9.96. The number of carbonyl (C=O) groups is 1. The van der Waals surface area contributed by atoms with Crippen LogP contribution in [0.4, 0.5) is 5.82 Å². The van der Waals surface area contributed by atoms with Crippen molar-refractivity contribution in [2.24, 2.45) is 5.41 Å². The maximum atomic E-state index is 12.1. The van der Waals surface area contributed by atoms with Crippen molar-refractivity contribution in [3.8, 4) is 0 Å². The van der Waals surface area contributed by atoms with E-state index >= 15 is 0 Å². The van der Waals surface area contributed by atoms with Crippen LogP contribution < -0.4 is 10.2 Å². The number of benzene rings is 1. The van der Waals surface area contributed by atoms with Gasteiger partial charge < -0.3 is 10.2 Å². The Kier molecular flexibility index (Phi) is 6.18. The Morgan fingerprint density at radius 3 is 2.52 bits per heavy atom. The molecule has 3 aromatic rings. The fraction of sp³-hybridized carbons (Fsp3) is 0.478. The van der Waals surface area contributed by atoms with E-state index in [0.717, 1.165) is 49.6 Å². The van der Waals surface area contributed by atoms with Gasteiger partial charge in [0.05, 0.1) is 18.1 Å². The number of fused-ring (bicyclic) bond motifs is 1. The lowest BCUT2D eigenvalue weighted by Gasteiger charge is -2.35. The van der Waals surface area contributed by atoms with E-state index in [1.165, 1.54) is 5.56 Å². The van der Waals surface area contributed by atoms with Crippen molar-refractivity contribution in [1.29, 1.82) is 0 Å². The summed E-state index contributed by atoms with van der Waals surface area (Å²) in [5.74, 6) is 0.974. The van der Waals surface area contributed by atoms with Crippen molar-refractivity contribution in [2.45, 2.75) is 33.9 Å². The van der Waals surface area contributed by atoms with Gasteiger partial charge in [-0.05, 0) is 5.56 Å². The van der Waals surface area contributed by atoms with E-state index in [4.69, 9.17) is 0 Å². The molecule has 164 valence electrons. The summed E-state index contributed by atoms with van der Waals surface area (Å²) >= 11 is 0. The lowest BCUT2D eigenvalue weighted by Crippen LogP contribution is -2.46. The molecule has 1 saturated heterocycles. The molecule has 1 aromatic carbocycles. The van der Waals surface area contributed by atoms with Crippen molar-refractivity contribution in [3.05, 3.63) is 48.4 Å². The molecule has 1 fully saturated rings. The number of piperazine rings is 1. The molecule has 8 heteroatoms. The molecule has 0 atom stereocenters. The van der Waals surface area contributed by atoms with E-state index in [2.05, 4.69) is 60.5 Å². The van der Waals surface area contributed by atoms with Gasteiger partial charge in [0.15, 0.2) is 5.65 Å². The van der Waals surface area contributed by atoms with Crippen LogP contribution >= 0.6 is 0 Å². The fourth-order valence-corrected chi connectivity index (χ4v) is 3.80. The minimum Gasteiger partial charge on any atom is -0.354 e. The Balaban J connectivity index is 1.38. The van der Waals surface area contributed by atoms with Crippen LogP contribution in [0.5, 0.6) is 0 Å². The largest absolute Gasteiger partial charge is 0.354 e. The summed E-state index contributed by atoms with van der Waals surface area (Å²) in [6, 6.07) is 10.6. The average Bonchev–Trinajstić information content (AvgIpc) is 3.18. The summed E-state index contributed by atoms with van der Waals surface area (Å²) < 4.78 is 1.84. The van der Waals surface area contributed by atoms with Crippen molar-refractivity contribution >= 4 is 22.8 Å². The van der Waals surface area contributed by atoms with Crippen LogP contribution in [0.1, 0.15) is 26.3 Å². The summed E-state index contributed by atoms with van der Waals surface area (Å²) in [7, 11) is 0. The van der Waals surface area contributed by atoms with E-state index in [9.17, 15) is 4.79 Å². The molecule has 0 radical (unpaired) electrons. The zero-order valence-corrected chi connectivity index (χ0v) is 18.6. The van der Waals surface area contributed by atoms with E-state index < -0.39 is 5.41 Å². The number of hydrogen-bond acceptors (Lipinski definition) is 6. The van der Waals surface area contributed by atoms with Gasteiger partial charge in [-0.1, -0.05) is 51.1 Å². The predicted molar refractivity (Wildman–Crippen MR) is 122 cm³/mol. The van der Waals surface area contributed by atoms with Crippen LogP contribution in [0.2, 0.25) is 0 Å². The third-order valence-corrected chi connectivity index (χ3v) is 5.62. The topological polar surface area (TPSA) is 79.2 Å². The van der Waals surface area contributed by atoms with Crippen LogP contribution in [-0.2, 0) is 17.9 Å². The number of anilines is 1. The summed E-state index contributed by atoms with van der Waals surface area (Å²) in [6.45, 7) is 11.6. The molecule has 0 bridgehead atoms. The standard InChI is InChI=1S/C23H31N7O/c1-23(2,3)22(31)24-9-10-30-21-19(15-27-30)20(25-17-26-21)29-13-11-28(12-14-29)16-18-7-5-4-6-8-18/h4-8,15,17H,9-14,16H2,1-3H3,(H,24,31). The Bertz CT molecular complexity index is 1020. The molecule has 1 aliphatic rings. The molecule has 1 N–H and O–H groups in total. The molecule has 3 heterocycles. The molecule has 0 aliphatic carbocycles. The van der Waals surface area contributed by atoms with E-state index in [-0.39, 0.29) is 5.91 Å². The second-order valence-electron chi connectivity index (χ2n) is 9.06. The van der Waals surface area contributed by atoms with Gasteiger partial charge >= 0.3 is 0 Å². The fourth-order valence-electron chi connectivity index (χ4n) is 3.80. The molecule has 2 aromatic heterocycles. The van der Waals surface area contributed by atoms with Crippen LogP contribution in [-0.4, -0.2) is 63.3 Å². The molecule has 1 amide bonds. The summed E-state index contributed by atoms with van der Waals surface area (Å²) in [6.07, 6.45) is 3.45. The first kappa shape index (κ1) is 21.2. The number of aromatic nitrogens is 4. The number of nitrogens with zero attached hydrogens (tertiary/aromatic N) is 6. The quantitative estimate of drug-likeness (QED) is 0.658. The number of rotatable bonds is 6. The van der Waals surface area contributed by atoms with Crippen molar-refractivity contribution in [2.75, 3.05) is 37.6 Å².